The van der Waals surface area contributed by atoms with E-state index in [0.29, 0.717) is 21.9 Å². The highest BCUT2D eigenvalue weighted by atomic mass is 35.5. The van der Waals surface area contributed by atoms with Crippen LogP contribution in [-0.4, -0.2) is 30.1 Å². The van der Waals surface area contributed by atoms with Crippen molar-refractivity contribution in [2.75, 3.05) is 13.2 Å². The summed E-state index contributed by atoms with van der Waals surface area (Å²) in [5.41, 5.74) is 6.11. The van der Waals surface area contributed by atoms with Gasteiger partial charge in [-0.25, -0.2) is 0 Å². The Kier molecular flexibility index (Phi) is 6.17. The van der Waals surface area contributed by atoms with Crippen LogP contribution in [0.5, 0.6) is 5.75 Å². The van der Waals surface area contributed by atoms with Gasteiger partial charge in [0.1, 0.15) is 5.75 Å². The lowest BCUT2D eigenvalue weighted by atomic mass is 10.1. The van der Waals surface area contributed by atoms with Gasteiger partial charge < -0.3 is 20.9 Å². The Balaban J connectivity index is 1.78. The Bertz CT molecular complexity index is 719. The molecule has 0 aliphatic heterocycles. The van der Waals surface area contributed by atoms with Gasteiger partial charge in [0.2, 0.25) is 5.91 Å². The van der Waals surface area contributed by atoms with E-state index in [-0.39, 0.29) is 19.1 Å². The van der Waals surface area contributed by atoms with Crippen molar-refractivity contribution in [1.29, 1.82) is 0 Å². The largest absolute Gasteiger partial charge is 0.484 e. The van der Waals surface area contributed by atoms with E-state index >= 15 is 0 Å². The third kappa shape index (κ3) is 5.26. The molecule has 6 nitrogen and oxygen atoms in total. The van der Waals surface area contributed by atoms with Crippen molar-refractivity contribution in [1.82, 2.24) is 5.32 Å². The molecule has 2 rings (SSSR count). The van der Waals surface area contributed by atoms with Crippen LogP contribution in [0.1, 0.15) is 22.0 Å². The summed E-state index contributed by atoms with van der Waals surface area (Å²) in [7, 11) is 0. The van der Waals surface area contributed by atoms with E-state index in [0.717, 1.165) is 0 Å². The summed E-state index contributed by atoms with van der Waals surface area (Å²) < 4.78 is 5.29. The van der Waals surface area contributed by atoms with Gasteiger partial charge in [-0.05, 0) is 42.0 Å². The molecule has 0 aromatic heterocycles. The summed E-state index contributed by atoms with van der Waals surface area (Å²) in [5, 5.41) is 13.1. The molecule has 24 heavy (non-hydrogen) atoms. The minimum absolute atomic E-state index is 0.0448. The predicted molar refractivity (Wildman–Crippen MR) is 89.9 cm³/mol. The van der Waals surface area contributed by atoms with Gasteiger partial charge in [0.05, 0.1) is 6.10 Å². The van der Waals surface area contributed by atoms with Crippen LogP contribution in [0.4, 0.5) is 0 Å². The summed E-state index contributed by atoms with van der Waals surface area (Å²) in [6.45, 7) is -0.165. The lowest BCUT2D eigenvalue weighted by molar-refractivity contribution is -0.123. The Labute approximate surface area is 144 Å². The number of carbonyl (C=O) groups excluding carboxylic acids is 2. The number of aliphatic hydroxyl groups is 1. The number of primary amides is 1. The molecule has 4 N–H and O–H groups in total. The first-order valence-electron chi connectivity index (χ1n) is 7.18. The molecule has 7 heteroatoms. The molecular weight excluding hydrogens is 332 g/mol. The van der Waals surface area contributed by atoms with Crippen LogP contribution >= 0.6 is 11.6 Å². The first-order chi connectivity index (χ1) is 11.5. The molecule has 0 aliphatic carbocycles. The first kappa shape index (κ1) is 17.8. The minimum atomic E-state index is -0.859. The fraction of sp³-hybridized carbons (Fsp3) is 0.176. The first-order valence-corrected chi connectivity index (χ1v) is 7.56. The maximum atomic E-state index is 11.7. The van der Waals surface area contributed by atoms with E-state index in [2.05, 4.69) is 5.32 Å². The van der Waals surface area contributed by atoms with Gasteiger partial charge >= 0.3 is 0 Å². The third-order valence-electron chi connectivity index (χ3n) is 3.23. The number of amides is 2. The summed E-state index contributed by atoms with van der Waals surface area (Å²) in [5.74, 6) is -0.477. The lowest BCUT2D eigenvalue weighted by Crippen LogP contribution is -2.32. The van der Waals surface area contributed by atoms with E-state index in [1.165, 1.54) is 12.1 Å². The Hall–Kier alpha value is -2.57. The smallest absolute Gasteiger partial charge is 0.258 e. The third-order valence-corrected chi connectivity index (χ3v) is 3.47. The van der Waals surface area contributed by atoms with Crippen LogP contribution in [0, 0.1) is 0 Å². The molecule has 0 unspecified atom stereocenters. The maximum Gasteiger partial charge on any atom is 0.258 e. The zero-order valence-electron chi connectivity index (χ0n) is 12.7. The van der Waals surface area contributed by atoms with Gasteiger partial charge in [-0.2, -0.15) is 0 Å². The highest BCUT2D eigenvalue weighted by Gasteiger charge is 2.10. The van der Waals surface area contributed by atoms with Crippen molar-refractivity contribution in [3.8, 4) is 5.75 Å². The number of nitrogens with one attached hydrogen (secondary N) is 1. The van der Waals surface area contributed by atoms with Crippen LogP contribution in [0.25, 0.3) is 0 Å². The molecule has 0 bridgehead atoms. The number of rotatable bonds is 7. The van der Waals surface area contributed by atoms with Crippen LogP contribution in [0.2, 0.25) is 5.02 Å². The van der Waals surface area contributed by atoms with Crippen molar-refractivity contribution in [3.63, 3.8) is 0 Å². The van der Waals surface area contributed by atoms with Gasteiger partial charge in [-0.1, -0.05) is 23.7 Å². The second-order valence-corrected chi connectivity index (χ2v) is 5.49. The molecule has 0 saturated carbocycles. The second kappa shape index (κ2) is 8.33. The Morgan fingerprint density at radius 1 is 1.21 bits per heavy atom. The van der Waals surface area contributed by atoms with E-state index in [9.17, 15) is 14.7 Å². The molecule has 0 radical (unpaired) electrons. The minimum Gasteiger partial charge on any atom is -0.484 e. The average Bonchev–Trinajstić information content (AvgIpc) is 2.58. The number of hydrogen-bond acceptors (Lipinski definition) is 4. The molecular formula is C17H17ClN2O4. The summed E-state index contributed by atoms with van der Waals surface area (Å²) >= 11 is 5.85. The lowest BCUT2D eigenvalue weighted by Gasteiger charge is -2.13. The van der Waals surface area contributed by atoms with E-state index in [4.69, 9.17) is 22.1 Å². The number of ether oxygens (including phenoxy) is 1. The van der Waals surface area contributed by atoms with Crippen molar-refractivity contribution < 1.29 is 19.4 Å². The van der Waals surface area contributed by atoms with E-state index in [1.807, 2.05) is 0 Å². The van der Waals surface area contributed by atoms with Crippen LogP contribution in [0.3, 0.4) is 0 Å². The van der Waals surface area contributed by atoms with Crippen LogP contribution in [0.15, 0.2) is 48.5 Å². The maximum absolute atomic E-state index is 11.7. The SMILES string of the molecule is NC(=O)c1ccc(OCC(=O)NC[C@H](O)c2cccc(Cl)c2)cc1. The molecule has 0 spiro atoms. The Morgan fingerprint density at radius 2 is 1.92 bits per heavy atom. The fourth-order valence-corrected chi connectivity index (χ4v) is 2.16. The number of carbonyl (C=O) groups is 2. The van der Waals surface area contributed by atoms with Crippen molar-refractivity contribution >= 4 is 23.4 Å². The van der Waals surface area contributed by atoms with Gasteiger partial charge in [0, 0.05) is 17.1 Å². The molecule has 2 aromatic carbocycles. The molecule has 0 heterocycles. The predicted octanol–water partition coefficient (Wildman–Crippen LogP) is 1.67. The topological polar surface area (TPSA) is 102 Å². The summed E-state index contributed by atoms with van der Waals surface area (Å²) in [6, 6.07) is 12.9. The zero-order chi connectivity index (χ0) is 17.5. The van der Waals surface area contributed by atoms with Crippen molar-refractivity contribution in [3.05, 3.63) is 64.7 Å². The number of hydrogen-bond donors (Lipinski definition) is 3. The quantitative estimate of drug-likeness (QED) is 0.708. The molecule has 1 atom stereocenters. The standard InChI is InChI=1S/C17H17ClN2O4/c18-13-3-1-2-12(8-13)15(21)9-20-16(22)10-24-14-6-4-11(5-7-14)17(19)23/h1-8,15,21H,9-10H2,(H2,19,23)(H,20,22)/t15-/m0/s1. The molecule has 0 saturated heterocycles. The summed E-state index contributed by atoms with van der Waals surface area (Å²) in [6.07, 6.45) is -0.859. The van der Waals surface area contributed by atoms with Crippen LogP contribution in [-0.2, 0) is 4.79 Å². The van der Waals surface area contributed by atoms with Crippen LogP contribution < -0.4 is 15.8 Å². The highest BCUT2D eigenvalue weighted by molar-refractivity contribution is 6.30. The van der Waals surface area contributed by atoms with Crippen molar-refractivity contribution in [2.45, 2.75) is 6.10 Å². The highest BCUT2D eigenvalue weighted by Crippen LogP contribution is 2.17. The molecule has 2 aromatic rings. The molecule has 126 valence electrons. The monoisotopic (exact) mass is 348 g/mol. The molecule has 2 amide bonds. The van der Waals surface area contributed by atoms with E-state index in [1.54, 1.807) is 36.4 Å². The zero-order valence-corrected chi connectivity index (χ0v) is 13.5. The average molecular weight is 349 g/mol. The van der Waals surface area contributed by atoms with Gasteiger partial charge in [0.15, 0.2) is 6.61 Å². The second-order valence-electron chi connectivity index (χ2n) is 5.05. The summed E-state index contributed by atoms with van der Waals surface area (Å²) in [4.78, 5) is 22.7. The molecule has 0 fully saturated rings. The number of aliphatic hydroxyl groups excluding tert-OH is 1. The molecule has 0 aliphatic rings. The van der Waals surface area contributed by atoms with Gasteiger partial charge in [-0.15, -0.1) is 0 Å². The van der Waals surface area contributed by atoms with Crippen molar-refractivity contribution in [2.24, 2.45) is 5.73 Å². The van der Waals surface area contributed by atoms with Gasteiger partial charge in [0.25, 0.3) is 5.91 Å². The number of nitrogens with two attached hydrogens (primary N) is 1. The number of halogens is 1. The van der Waals surface area contributed by atoms with E-state index < -0.39 is 12.0 Å². The van der Waals surface area contributed by atoms with Gasteiger partial charge in [-0.3, -0.25) is 9.59 Å². The Morgan fingerprint density at radius 3 is 2.54 bits per heavy atom. The number of benzene rings is 2. The fourth-order valence-electron chi connectivity index (χ4n) is 1.96. The normalized spacial score (nSPS) is 11.6.